The van der Waals surface area contributed by atoms with Crippen LogP contribution in [0.2, 0.25) is 0 Å². The first-order valence-electron chi connectivity index (χ1n) is 4.74. The van der Waals surface area contributed by atoms with Crippen molar-refractivity contribution in [3.8, 4) is 0 Å². The zero-order chi connectivity index (χ0) is 12.1. The molecule has 0 aliphatic rings. The molecule has 0 unspecified atom stereocenters. The van der Waals surface area contributed by atoms with E-state index in [4.69, 9.17) is 0 Å². The molecular formula is C11H13Br2N3. The fourth-order valence-electron chi connectivity index (χ4n) is 1.13. The summed E-state index contributed by atoms with van der Waals surface area (Å²) in [6, 6.07) is 8.45. The van der Waals surface area contributed by atoms with Crippen LogP contribution in [0.15, 0.2) is 33.5 Å². The zero-order valence-corrected chi connectivity index (χ0v) is 12.6. The second-order valence-corrected chi connectivity index (χ2v) is 4.96. The first kappa shape index (κ1) is 13.4. The summed E-state index contributed by atoms with van der Waals surface area (Å²) in [6.07, 6.45) is 0. The van der Waals surface area contributed by atoms with Crippen LogP contribution in [0.3, 0.4) is 0 Å². The molecule has 1 heterocycles. The third-order valence-electron chi connectivity index (χ3n) is 1.89. The van der Waals surface area contributed by atoms with Crippen LogP contribution in [0.1, 0.15) is 11.1 Å². The molecule has 16 heavy (non-hydrogen) atoms. The first-order chi connectivity index (χ1) is 7.50. The van der Waals surface area contributed by atoms with Crippen molar-refractivity contribution in [2.24, 2.45) is 7.05 Å². The molecule has 3 nitrogen and oxygen atoms in total. The number of hydrogen-bond acceptors (Lipinski definition) is 2. The van der Waals surface area contributed by atoms with Crippen molar-refractivity contribution < 1.29 is 0 Å². The Morgan fingerprint density at radius 3 is 1.88 bits per heavy atom. The fraction of sp³-hybridized carbons (Fsp3) is 0.273. The Morgan fingerprint density at radius 1 is 1.12 bits per heavy atom. The minimum Gasteiger partial charge on any atom is -0.240 e. The molecule has 0 saturated carbocycles. The number of aryl methyl sites for hydroxylation is 3. The Hall–Kier alpha value is -0.680. The maximum absolute atomic E-state index is 3.70. The lowest BCUT2D eigenvalue weighted by molar-refractivity contribution is 0.702. The van der Waals surface area contributed by atoms with Crippen LogP contribution >= 0.6 is 31.9 Å². The van der Waals surface area contributed by atoms with Crippen LogP contribution in [-0.4, -0.2) is 15.0 Å². The zero-order valence-electron chi connectivity index (χ0n) is 9.41. The molecule has 86 valence electrons. The van der Waals surface area contributed by atoms with Gasteiger partial charge in [0.25, 0.3) is 0 Å². The van der Waals surface area contributed by atoms with Gasteiger partial charge in [-0.05, 0) is 45.7 Å². The first-order valence-corrected chi connectivity index (χ1v) is 6.33. The maximum Gasteiger partial charge on any atom is 0.162 e. The molecule has 0 N–H and O–H groups in total. The number of benzene rings is 1. The van der Waals surface area contributed by atoms with Gasteiger partial charge in [0.05, 0.1) is 0 Å². The summed E-state index contributed by atoms with van der Waals surface area (Å²) < 4.78 is 3.22. The smallest absolute Gasteiger partial charge is 0.162 e. The molecule has 0 aliphatic heterocycles. The van der Waals surface area contributed by atoms with Crippen LogP contribution in [0, 0.1) is 13.8 Å². The fourth-order valence-corrected chi connectivity index (χ4v) is 1.61. The van der Waals surface area contributed by atoms with Gasteiger partial charge in [-0.3, -0.25) is 0 Å². The van der Waals surface area contributed by atoms with E-state index in [2.05, 4.69) is 80.3 Å². The van der Waals surface area contributed by atoms with Crippen molar-refractivity contribution in [3.63, 3.8) is 0 Å². The van der Waals surface area contributed by atoms with E-state index < -0.39 is 0 Å². The largest absolute Gasteiger partial charge is 0.240 e. The highest BCUT2D eigenvalue weighted by molar-refractivity contribution is 9.13. The lowest BCUT2D eigenvalue weighted by atomic mass is 10.2. The van der Waals surface area contributed by atoms with Gasteiger partial charge >= 0.3 is 0 Å². The minimum atomic E-state index is 0.736. The highest BCUT2D eigenvalue weighted by Crippen LogP contribution is 2.17. The summed E-state index contributed by atoms with van der Waals surface area (Å²) in [5.41, 5.74) is 2.68. The second kappa shape index (κ2) is 6.15. The molecule has 5 heteroatoms. The van der Waals surface area contributed by atoms with Gasteiger partial charge in [-0.25, -0.2) is 4.68 Å². The Kier molecular flexibility index (Phi) is 5.15. The highest BCUT2D eigenvalue weighted by atomic mass is 79.9. The molecule has 0 radical (unpaired) electrons. The summed E-state index contributed by atoms with van der Waals surface area (Å²) in [5, 5.41) is 7.39. The second-order valence-electron chi connectivity index (χ2n) is 3.45. The molecule has 2 aromatic rings. The molecule has 0 saturated heterocycles. The highest BCUT2D eigenvalue weighted by Gasteiger charge is 2.00. The van der Waals surface area contributed by atoms with Gasteiger partial charge in [-0.15, -0.1) is 5.10 Å². The van der Waals surface area contributed by atoms with Gasteiger partial charge in [0.1, 0.15) is 4.60 Å². The Morgan fingerprint density at radius 2 is 1.69 bits per heavy atom. The Bertz CT molecular complexity index is 429. The molecule has 0 bridgehead atoms. The van der Waals surface area contributed by atoms with E-state index in [1.54, 1.807) is 4.68 Å². The van der Waals surface area contributed by atoms with Crippen molar-refractivity contribution in [2.75, 3.05) is 0 Å². The number of rotatable bonds is 0. The predicted molar refractivity (Wildman–Crippen MR) is 72.3 cm³/mol. The number of hydrogen-bond donors (Lipinski definition) is 0. The Labute approximate surface area is 112 Å². The summed E-state index contributed by atoms with van der Waals surface area (Å²) in [6.45, 7) is 4.21. The number of nitrogens with zero attached hydrogens (tertiary/aromatic N) is 3. The van der Waals surface area contributed by atoms with Crippen LogP contribution in [-0.2, 0) is 7.05 Å². The topological polar surface area (TPSA) is 30.7 Å². The van der Waals surface area contributed by atoms with Crippen LogP contribution in [0.5, 0.6) is 0 Å². The standard InChI is InChI=1S/C8H10.C3H3Br2N3/c1-7-4-3-5-8(2)6-7;1-8-3(5)2(4)6-7-8/h3-6H,1-2H3;1H3. The van der Waals surface area contributed by atoms with Crippen molar-refractivity contribution in [3.05, 3.63) is 44.6 Å². The molecule has 0 atom stereocenters. The molecule has 1 aromatic heterocycles. The third-order valence-corrected chi connectivity index (χ3v) is 3.85. The van der Waals surface area contributed by atoms with Crippen molar-refractivity contribution >= 4 is 31.9 Å². The lowest BCUT2D eigenvalue weighted by Gasteiger charge is -1.90. The van der Waals surface area contributed by atoms with Gasteiger partial charge in [-0.1, -0.05) is 40.6 Å². The average molecular weight is 347 g/mol. The van der Waals surface area contributed by atoms with Gasteiger partial charge < -0.3 is 0 Å². The van der Waals surface area contributed by atoms with E-state index in [1.165, 1.54) is 11.1 Å². The maximum atomic E-state index is 3.70. The van der Waals surface area contributed by atoms with Crippen molar-refractivity contribution in [1.29, 1.82) is 0 Å². The molecule has 0 aliphatic carbocycles. The predicted octanol–water partition coefficient (Wildman–Crippen LogP) is 3.64. The normalized spacial score (nSPS) is 9.56. The lowest BCUT2D eigenvalue weighted by Crippen LogP contribution is -1.88. The summed E-state index contributed by atoms with van der Waals surface area (Å²) in [4.78, 5) is 0. The van der Waals surface area contributed by atoms with Crippen LogP contribution in [0.25, 0.3) is 0 Å². The van der Waals surface area contributed by atoms with Crippen LogP contribution < -0.4 is 0 Å². The molecule has 0 amide bonds. The SMILES string of the molecule is Cc1cccc(C)c1.Cn1nnc(Br)c1Br. The minimum absolute atomic E-state index is 0.736. The summed E-state index contributed by atoms with van der Waals surface area (Å²) >= 11 is 6.41. The van der Waals surface area contributed by atoms with E-state index in [9.17, 15) is 0 Å². The van der Waals surface area contributed by atoms with Gasteiger partial charge in [0.2, 0.25) is 0 Å². The summed E-state index contributed by atoms with van der Waals surface area (Å²) in [7, 11) is 1.81. The molecular weight excluding hydrogens is 334 g/mol. The van der Waals surface area contributed by atoms with Crippen LogP contribution in [0.4, 0.5) is 0 Å². The van der Waals surface area contributed by atoms with E-state index in [-0.39, 0.29) is 0 Å². The van der Waals surface area contributed by atoms with Crippen molar-refractivity contribution in [2.45, 2.75) is 13.8 Å². The van der Waals surface area contributed by atoms with E-state index in [0.717, 1.165) is 9.21 Å². The molecule has 0 fully saturated rings. The molecule has 0 spiro atoms. The number of aromatic nitrogens is 3. The van der Waals surface area contributed by atoms with Crippen molar-refractivity contribution in [1.82, 2.24) is 15.0 Å². The summed E-state index contributed by atoms with van der Waals surface area (Å²) in [5.74, 6) is 0. The van der Waals surface area contributed by atoms with Gasteiger partial charge in [-0.2, -0.15) is 0 Å². The average Bonchev–Trinajstić information content (AvgIpc) is 2.50. The van der Waals surface area contributed by atoms with Gasteiger partial charge in [0.15, 0.2) is 4.60 Å². The van der Waals surface area contributed by atoms with E-state index >= 15 is 0 Å². The Balaban J connectivity index is 0.000000160. The third kappa shape index (κ3) is 4.06. The monoisotopic (exact) mass is 345 g/mol. The molecule has 2 rings (SSSR count). The van der Waals surface area contributed by atoms with Gasteiger partial charge in [0, 0.05) is 7.05 Å². The molecule has 1 aromatic carbocycles. The quantitative estimate of drug-likeness (QED) is 0.729. The van der Waals surface area contributed by atoms with E-state index in [0.29, 0.717) is 0 Å². The number of halogens is 2. The van der Waals surface area contributed by atoms with E-state index in [1.807, 2.05) is 7.05 Å².